The first-order valence-electron chi connectivity index (χ1n) is 6.16. The van der Waals surface area contributed by atoms with Gasteiger partial charge in [0.2, 0.25) is 0 Å². The number of benzene rings is 2. The summed E-state index contributed by atoms with van der Waals surface area (Å²) in [5, 5.41) is 10.2. The van der Waals surface area contributed by atoms with Crippen LogP contribution in [0.25, 0.3) is 0 Å². The maximum atomic E-state index is 12.2. The molecule has 1 unspecified atom stereocenters. The van der Waals surface area contributed by atoms with E-state index in [9.17, 15) is 9.90 Å². The zero-order chi connectivity index (χ0) is 14.5. The van der Waals surface area contributed by atoms with E-state index in [0.29, 0.717) is 11.1 Å². The number of rotatable bonds is 5. The standard InChI is InChI=1S/C16H16O2S2/c1-19-13-7-3-11(4-8-13)15(17)16(18)12-5-9-14(20-2)10-6-12/h3-10,15,17H,1-2H3. The molecular weight excluding hydrogens is 288 g/mol. The predicted octanol–water partition coefficient (Wildman–Crippen LogP) is 4.05. The normalized spacial score (nSPS) is 12.2. The fourth-order valence-corrected chi connectivity index (χ4v) is 2.67. The molecule has 4 heteroatoms. The molecule has 0 radical (unpaired) electrons. The molecule has 20 heavy (non-hydrogen) atoms. The number of carbonyl (C=O) groups is 1. The van der Waals surface area contributed by atoms with E-state index in [1.54, 1.807) is 47.8 Å². The van der Waals surface area contributed by atoms with Crippen molar-refractivity contribution in [3.63, 3.8) is 0 Å². The van der Waals surface area contributed by atoms with Crippen molar-refractivity contribution >= 4 is 29.3 Å². The summed E-state index contributed by atoms with van der Waals surface area (Å²) in [6.07, 6.45) is 2.87. The van der Waals surface area contributed by atoms with Crippen LogP contribution in [-0.2, 0) is 0 Å². The minimum absolute atomic E-state index is 0.269. The monoisotopic (exact) mass is 304 g/mol. The Morgan fingerprint density at radius 2 is 1.35 bits per heavy atom. The summed E-state index contributed by atoms with van der Waals surface area (Å²) in [6.45, 7) is 0. The van der Waals surface area contributed by atoms with Crippen molar-refractivity contribution in [3.8, 4) is 0 Å². The van der Waals surface area contributed by atoms with Crippen LogP contribution in [0.3, 0.4) is 0 Å². The van der Waals surface area contributed by atoms with Crippen LogP contribution >= 0.6 is 23.5 Å². The lowest BCUT2D eigenvalue weighted by Gasteiger charge is -2.11. The van der Waals surface area contributed by atoms with E-state index in [0.717, 1.165) is 9.79 Å². The molecule has 0 saturated heterocycles. The highest BCUT2D eigenvalue weighted by molar-refractivity contribution is 7.98. The van der Waals surface area contributed by atoms with E-state index < -0.39 is 6.10 Å². The summed E-state index contributed by atoms with van der Waals surface area (Å²) in [6, 6.07) is 14.7. The van der Waals surface area contributed by atoms with Crippen LogP contribution in [0.1, 0.15) is 22.0 Å². The first-order chi connectivity index (χ1) is 9.65. The molecule has 0 fully saturated rings. The molecule has 0 aliphatic heterocycles. The van der Waals surface area contributed by atoms with Crippen LogP contribution < -0.4 is 0 Å². The molecule has 0 aliphatic carbocycles. The lowest BCUT2D eigenvalue weighted by molar-refractivity contribution is 0.0747. The molecule has 1 atom stereocenters. The van der Waals surface area contributed by atoms with Crippen LogP contribution in [0.5, 0.6) is 0 Å². The second-order valence-electron chi connectivity index (χ2n) is 4.27. The molecule has 0 amide bonds. The van der Waals surface area contributed by atoms with E-state index in [2.05, 4.69) is 0 Å². The highest BCUT2D eigenvalue weighted by Gasteiger charge is 2.18. The van der Waals surface area contributed by atoms with Crippen LogP contribution in [0.4, 0.5) is 0 Å². The summed E-state index contributed by atoms with van der Waals surface area (Å²) in [7, 11) is 0. The number of hydrogen-bond donors (Lipinski definition) is 1. The third kappa shape index (κ3) is 3.45. The Hall–Kier alpha value is -1.23. The van der Waals surface area contributed by atoms with Crippen molar-refractivity contribution in [1.29, 1.82) is 0 Å². The molecule has 0 heterocycles. The molecule has 0 aromatic heterocycles. The zero-order valence-corrected chi connectivity index (χ0v) is 13.0. The van der Waals surface area contributed by atoms with Crippen LogP contribution in [0.2, 0.25) is 0 Å². The van der Waals surface area contributed by atoms with Gasteiger partial charge in [0.1, 0.15) is 6.10 Å². The van der Waals surface area contributed by atoms with E-state index >= 15 is 0 Å². The highest BCUT2D eigenvalue weighted by Crippen LogP contribution is 2.23. The minimum atomic E-state index is -1.11. The first kappa shape index (κ1) is 15.2. The second-order valence-corrected chi connectivity index (χ2v) is 6.03. The van der Waals surface area contributed by atoms with Gasteiger partial charge in [-0.3, -0.25) is 4.79 Å². The topological polar surface area (TPSA) is 37.3 Å². The molecular formula is C16H16O2S2. The molecule has 2 aromatic rings. The number of carbonyl (C=O) groups excluding carboxylic acids is 1. The Balaban J connectivity index is 2.17. The minimum Gasteiger partial charge on any atom is -0.380 e. The lowest BCUT2D eigenvalue weighted by atomic mass is 10.0. The third-order valence-electron chi connectivity index (χ3n) is 3.05. The fourth-order valence-electron chi connectivity index (χ4n) is 1.85. The molecule has 1 N–H and O–H groups in total. The molecule has 2 rings (SSSR count). The Morgan fingerprint density at radius 1 is 0.900 bits per heavy atom. The average Bonchev–Trinajstić information content (AvgIpc) is 2.53. The van der Waals surface area contributed by atoms with E-state index in [1.807, 2.05) is 36.8 Å². The summed E-state index contributed by atoms with van der Waals surface area (Å²) < 4.78 is 0. The van der Waals surface area contributed by atoms with Crippen molar-refractivity contribution in [2.75, 3.05) is 12.5 Å². The summed E-state index contributed by atoms with van der Waals surface area (Å²) in [5.41, 5.74) is 1.16. The Labute approximate surface area is 127 Å². The maximum absolute atomic E-state index is 12.2. The first-order valence-corrected chi connectivity index (χ1v) is 8.61. The van der Waals surface area contributed by atoms with Crippen LogP contribution in [-0.4, -0.2) is 23.4 Å². The number of Topliss-reactive ketones (excluding diaryl/α,β-unsaturated/α-hetero) is 1. The van der Waals surface area contributed by atoms with Gasteiger partial charge >= 0.3 is 0 Å². The number of hydrogen-bond acceptors (Lipinski definition) is 4. The number of aliphatic hydroxyl groups is 1. The van der Waals surface area contributed by atoms with E-state index in [1.165, 1.54) is 0 Å². The van der Waals surface area contributed by atoms with Gasteiger partial charge in [-0.1, -0.05) is 24.3 Å². The number of aliphatic hydroxyl groups excluding tert-OH is 1. The van der Waals surface area contributed by atoms with Crippen molar-refractivity contribution in [2.24, 2.45) is 0 Å². The van der Waals surface area contributed by atoms with Gasteiger partial charge in [0.05, 0.1) is 0 Å². The Morgan fingerprint density at radius 3 is 1.80 bits per heavy atom. The zero-order valence-electron chi connectivity index (χ0n) is 11.4. The second kappa shape index (κ2) is 6.97. The van der Waals surface area contributed by atoms with Gasteiger partial charge in [0.15, 0.2) is 5.78 Å². The lowest BCUT2D eigenvalue weighted by Crippen LogP contribution is -2.12. The van der Waals surface area contributed by atoms with Gasteiger partial charge < -0.3 is 5.11 Å². The van der Waals surface area contributed by atoms with Crippen molar-refractivity contribution in [2.45, 2.75) is 15.9 Å². The Kier molecular flexibility index (Phi) is 5.29. The largest absolute Gasteiger partial charge is 0.380 e. The van der Waals surface area contributed by atoms with E-state index in [4.69, 9.17) is 0 Å². The van der Waals surface area contributed by atoms with Gasteiger partial charge in [0.25, 0.3) is 0 Å². The highest BCUT2D eigenvalue weighted by atomic mass is 32.2. The summed E-state index contributed by atoms with van der Waals surface area (Å²) in [5.74, 6) is -0.269. The predicted molar refractivity (Wildman–Crippen MR) is 85.7 cm³/mol. The van der Waals surface area contributed by atoms with E-state index in [-0.39, 0.29) is 5.78 Å². The van der Waals surface area contributed by atoms with Crippen molar-refractivity contribution in [3.05, 3.63) is 59.7 Å². The molecule has 104 valence electrons. The maximum Gasteiger partial charge on any atom is 0.195 e. The van der Waals surface area contributed by atoms with Crippen molar-refractivity contribution < 1.29 is 9.90 Å². The average molecular weight is 304 g/mol. The molecule has 0 saturated carbocycles. The van der Waals surface area contributed by atoms with Gasteiger partial charge in [-0.25, -0.2) is 0 Å². The quantitative estimate of drug-likeness (QED) is 0.668. The molecule has 2 nitrogen and oxygen atoms in total. The van der Waals surface area contributed by atoms with Gasteiger partial charge in [-0.05, 0) is 42.3 Å². The SMILES string of the molecule is CSc1ccc(C(=O)C(O)c2ccc(SC)cc2)cc1. The van der Waals surface area contributed by atoms with Crippen LogP contribution in [0, 0.1) is 0 Å². The summed E-state index contributed by atoms with van der Waals surface area (Å²) >= 11 is 3.25. The number of thioether (sulfide) groups is 2. The summed E-state index contributed by atoms with van der Waals surface area (Å²) in [4.78, 5) is 14.4. The third-order valence-corrected chi connectivity index (χ3v) is 4.54. The smallest absolute Gasteiger partial charge is 0.195 e. The molecule has 0 spiro atoms. The van der Waals surface area contributed by atoms with Gasteiger partial charge in [0, 0.05) is 15.4 Å². The van der Waals surface area contributed by atoms with Gasteiger partial charge in [-0.2, -0.15) is 0 Å². The molecule has 2 aromatic carbocycles. The Bertz CT molecular complexity index is 576. The molecule has 0 aliphatic rings. The fraction of sp³-hybridized carbons (Fsp3) is 0.188. The number of ketones is 1. The van der Waals surface area contributed by atoms with Gasteiger partial charge in [-0.15, -0.1) is 23.5 Å². The van der Waals surface area contributed by atoms with Crippen molar-refractivity contribution in [1.82, 2.24) is 0 Å². The van der Waals surface area contributed by atoms with Crippen LogP contribution in [0.15, 0.2) is 58.3 Å². The molecule has 0 bridgehead atoms.